The summed E-state index contributed by atoms with van der Waals surface area (Å²) in [6, 6.07) is 2.80. The number of rotatable bonds is 5. The molecule has 1 aliphatic rings. The molecule has 17 heavy (non-hydrogen) atoms. The Morgan fingerprint density at radius 2 is 2.41 bits per heavy atom. The molecular weight excluding hydrogens is 228 g/mol. The van der Waals surface area contributed by atoms with Gasteiger partial charge in [-0.25, -0.2) is 0 Å². The van der Waals surface area contributed by atoms with Crippen molar-refractivity contribution in [2.45, 2.75) is 32.9 Å². The van der Waals surface area contributed by atoms with Gasteiger partial charge in [0.25, 0.3) is 0 Å². The monoisotopic (exact) mass is 250 g/mol. The Hall–Kier alpha value is -0.640. The normalized spacial score (nSPS) is 16.2. The molecule has 0 unspecified atom stereocenters. The zero-order valence-electron chi connectivity index (χ0n) is 10.8. The van der Waals surface area contributed by atoms with Gasteiger partial charge < -0.3 is 5.32 Å². The average Bonchev–Trinajstić information content (AvgIpc) is 2.73. The Labute approximate surface area is 108 Å². The van der Waals surface area contributed by atoms with Crippen molar-refractivity contribution in [3.8, 4) is 0 Å². The first-order valence-electron chi connectivity index (χ1n) is 6.33. The second-order valence-corrected chi connectivity index (χ2v) is 6.12. The van der Waals surface area contributed by atoms with Crippen molar-refractivity contribution in [3.05, 3.63) is 34.0 Å². The van der Waals surface area contributed by atoms with Crippen LogP contribution in [0, 0.1) is 0 Å². The molecule has 0 saturated carbocycles. The summed E-state index contributed by atoms with van der Waals surface area (Å²) in [5.74, 6) is 0. The van der Waals surface area contributed by atoms with Crippen molar-refractivity contribution >= 4 is 11.3 Å². The van der Waals surface area contributed by atoms with Crippen molar-refractivity contribution in [1.29, 1.82) is 0 Å². The van der Waals surface area contributed by atoms with Crippen molar-refractivity contribution in [2.24, 2.45) is 0 Å². The standard InChI is InChI=1S/C14H22N2S/c1-11(2)15-8-12(3)9-16-6-4-14-13(10-16)5-7-17-14/h5,7,11,15H,3-4,6,8-10H2,1-2H3. The molecule has 0 fully saturated rings. The lowest BCUT2D eigenvalue weighted by atomic mass is 10.1. The Morgan fingerprint density at radius 3 is 3.18 bits per heavy atom. The quantitative estimate of drug-likeness (QED) is 0.808. The van der Waals surface area contributed by atoms with Crippen LogP contribution in [0.1, 0.15) is 24.3 Å². The summed E-state index contributed by atoms with van der Waals surface area (Å²) in [7, 11) is 0. The molecule has 3 heteroatoms. The van der Waals surface area contributed by atoms with Gasteiger partial charge in [-0.1, -0.05) is 20.4 Å². The molecule has 1 aromatic rings. The number of thiophene rings is 1. The zero-order valence-corrected chi connectivity index (χ0v) is 11.6. The van der Waals surface area contributed by atoms with Crippen LogP contribution in [0.15, 0.2) is 23.6 Å². The Bertz CT molecular complexity index is 381. The number of nitrogens with one attached hydrogen (secondary N) is 1. The van der Waals surface area contributed by atoms with Gasteiger partial charge in [-0.3, -0.25) is 4.90 Å². The topological polar surface area (TPSA) is 15.3 Å². The number of fused-ring (bicyclic) bond motifs is 1. The second-order valence-electron chi connectivity index (χ2n) is 5.12. The molecule has 0 saturated heterocycles. The van der Waals surface area contributed by atoms with Crippen LogP contribution < -0.4 is 5.32 Å². The van der Waals surface area contributed by atoms with Crippen molar-refractivity contribution < 1.29 is 0 Å². The molecule has 2 heterocycles. The van der Waals surface area contributed by atoms with Crippen LogP contribution in [0.2, 0.25) is 0 Å². The van der Waals surface area contributed by atoms with Gasteiger partial charge >= 0.3 is 0 Å². The molecule has 0 radical (unpaired) electrons. The fourth-order valence-electron chi connectivity index (χ4n) is 2.16. The molecule has 1 aromatic heterocycles. The van der Waals surface area contributed by atoms with Gasteiger partial charge in [0.15, 0.2) is 0 Å². The molecule has 0 spiro atoms. The molecule has 0 aromatic carbocycles. The maximum Gasteiger partial charge on any atom is 0.0248 e. The maximum absolute atomic E-state index is 4.16. The van der Waals surface area contributed by atoms with E-state index >= 15 is 0 Å². The van der Waals surface area contributed by atoms with E-state index in [1.165, 1.54) is 24.1 Å². The zero-order chi connectivity index (χ0) is 12.3. The summed E-state index contributed by atoms with van der Waals surface area (Å²) in [5, 5.41) is 5.64. The Balaban J connectivity index is 1.79. The third kappa shape index (κ3) is 3.66. The van der Waals surface area contributed by atoms with Crippen molar-refractivity contribution in [3.63, 3.8) is 0 Å². The minimum Gasteiger partial charge on any atom is -0.311 e. The highest BCUT2D eigenvalue weighted by atomic mass is 32.1. The molecule has 2 rings (SSSR count). The summed E-state index contributed by atoms with van der Waals surface area (Å²) in [5.41, 5.74) is 2.81. The van der Waals surface area contributed by atoms with Gasteiger partial charge in [-0.15, -0.1) is 11.3 Å². The van der Waals surface area contributed by atoms with Gasteiger partial charge in [0.2, 0.25) is 0 Å². The molecule has 2 nitrogen and oxygen atoms in total. The average molecular weight is 250 g/mol. The maximum atomic E-state index is 4.16. The second kappa shape index (κ2) is 5.80. The van der Waals surface area contributed by atoms with Crippen LogP contribution >= 0.6 is 11.3 Å². The smallest absolute Gasteiger partial charge is 0.0248 e. The van der Waals surface area contributed by atoms with Gasteiger partial charge in [0, 0.05) is 37.1 Å². The molecule has 1 aliphatic heterocycles. The van der Waals surface area contributed by atoms with Gasteiger partial charge in [-0.2, -0.15) is 0 Å². The lowest BCUT2D eigenvalue weighted by Gasteiger charge is -2.27. The first-order valence-corrected chi connectivity index (χ1v) is 7.20. The summed E-state index contributed by atoms with van der Waals surface area (Å²) in [4.78, 5) is 4.08. The SMILES string of the molecule is C=C(CNC(C)C)CN1CCc2sccc2C1. The minimum atomic E-state index is 0.539. The van der Waals surface area contributed by atoms with E-state index in [1.54, 1.807) is 4.88 Å². The summed E-state index contributed by atoms with van der Waals surface area (Å²) in [6.45, 7) is 12.7. The fourth-order valence-corrected chi connectivity index (χ4v) is 3.05. The van der Waals surface area contributed by atoms with Crippen molar-refractivity contribution in [2.75, 3.05) is 19.6 Å². The molecule has 94 valence electrons. The van der Waals surface area contributed by atoms with Crippen LogP contribution in [-0.2, 0) is 13.0 Å². The predicted molar refractivity (Wildman–Crippen MR) is 75.6 cm³/mol. The van der Waals surface area contributed by atoms with E-state index in [4.69, 9.17) is 0 Å². The van der Waals surface area contributed by atoms with E-state index in [0.717, 1.165) is 19.6 Å². The van der Waals surface area contributed by atoms with Crippen LogP contribution in [0.5, 0.6) is 0 Å². The van der Waals surface area contributed by atoms with E-state index < -0.39 is 0 Å². The molecule has 0 amide bonds. The highest BCUT2D eigenvalue weighted by Gasteiger charge is 2.17. The fraction of sp³-hybridized carbons (Fsp3) is 0.571. The highest BCUT2D eigenvalue weighted by molar-refractivity contribution is 7.10. The summed E-state index contributed by atoms with van der Waals surface area (Å²) >= 11 is 1.90. The third-order valence-electron chi connectivity index (χ3n) is 3.09. The van der Waals surface area contributed by atoms with E-state index in [2.05, 4.69) is 42.1 Å². The highest BCUT2D eigenvalue weighted by Crippen LogP contribution is 2.24. The first kappa shape index (κ1) is 12.8. The van der Waals surface area contributed by atoms with Crippen LogP contribution in [0.4, 0.5) is 0 Å². The minimum absolute atomic E-state index is 0.539. The number of hydrogen-bond acceptors (Lipinski definition) is 3. The van der Waals surface area contributed by atoms with Crippen LogP contribution in [-0.4, -0.2) is 30.6 Å². The lowest BCUT2D eigenvalue weighted by Crippen LogP contribution is -2.34. The summed E-state index contributed by atoms with van der Waals surface area (Å²) < 4.78 is 0. The van der Waals surface area contributed by atoms with Gasteiger partial charge in [0.1, 0.15) is 0 Å². The Morgan fingerprint density at radius 1 is 1.59 bits per heavy atom. The van der Waals surface area contributed by atoms with Crippen LogP contribution in [0.3, 0.4) is 0 Å². The van der Waals surface area contributed by atoms with E-state index in [-0.39, 0.29) is 0 Å². The third-order valence-corrected chi connectivity index (χ3v) is 4.12. The molecule has 0 bridgehead atoms. The van der Waals surface area contributed by atoms with Crippen LogP contribution in [0.25, 0.3) is 0 Å². The van der Waals surface area contributed by atoms with Gasteiger partial charge in [-0.05, 0) is 29.0 Å². The van der Waals surface area contributed by atoms with Crippen molar-refractivity contribution in [1.82, 2.24) is 10.2 Å². The Kier molecular flexibility index (Phi) is 4.37. The molecule has 1 N–H and O–H groups in total. The predicted octanol–water partition coefficient (Wildman–Crippen LogP) is 2.66. The largest absolute Gasteiger partial charge is 0.311 e. The molecule has 0 atom stereocenters. The van der Waals surface area contributed by atoms with E-state index in [1.807, 2.05) is 11.3 Å². The van der Waals surface area contributed by atoms with Gasteiger partial charge in [0.05, 0.1) is 0 Å². The van der Waals surface area contributed by atoms with E-state index in [9.17, 15) is 0 Å². The molecular formula is C14H22N2S. The number of hydrogen-bond donors (Lipinski definition) is 1. The number of nitrogens with zero attached hydrogens (tertiary/aromatic N) is 1. The van der Waals surface area contributed by atoms with E-state index in [0.29, 0.717) is 6.04 Å². The lowest BCUT2D eigenvalue weighted by molar-refractivity contribution is 0.275. The summed E-state index contributed by atoms with van der Waals surface area (Å²) in [6.07, 6.45) is 1.21. The first-order chi connectivity index (χ1) is 8.15. The molecule has 0 aliphatic carbocycles.